The Balaban J connectivity index is 2.71. The molecule has 1 N–H and O–H groups in total. The second-order valence-corrected chi connectivity index (χ2v) is 3.86. The summed E-state index contributed by atoms with van der Waals surface area (Å²) in [4.78, 5) is 0. The lowest BCUT2D eigenvalue weighted by molar-refractivity contribution is 0.0510. The molecule has 1 rings (SSSR count). The highest BCUT2D eigenvalue weighted by Gasteiger charge is 2.19. The third kappa shape index (κ3) is 3.04. The Labute approximate surface area is 90.9 Å². The zero-order valence-corrected chi connectivity index (χ0v) is 9.68. The SMILES string of the molecule is CCCn1nccc1C(O)C(C)COC. The van der Waals surface area contributed by atoms with E-state index in [0.717, 1.165) is 18.7 Å². The molecule has 86 valence electrons. The molecule has 1 aromatic heterocycles. The molecule has 1 aromatic rings. The first-order chi connectivity index (χ1) is 7.20. The predicted octanol–water partition coefficient (Wildman–Crippen LogP) is 1.61. The van der Waals surface area contributed by atoms with E-state index < -0.39 is 6.10 Å². The number of hydrogen-bond donors (Lipinski definition) is 1. The molecule has 0 spiro atoms. The number of aliphatic hydroxyl groups excluding tert-OH is 1. The van der Waals surface area contributed by atoms with Crippen LogP contribution in [0.15, 0.2) is 12.3 Å². The maximum absolute atomic E-state index is 10.1. The monoisotopic (exact) mass is 212 g/mol. The molecule has 0 bridgehead atoms. The Bertz CT molecular complexity index is 286. The van der Waals surface area contributed by atoms with Gasteiger partial charge >= 0.3 is 0 Å². The normalized spacial score (nSPS) is 15.2. The van der Waals surface area contributed by atoms with E-state index >= 15 is 0 Å². The number of aryl methyl sites for hydroxylation is 1. The van der Waals surface area contributed by atoms with Crippen molar-refractivity contribution in [2.75, 3.05) is 13.7 Å². The molecule has 2 unspecified atom stereocenters. The molecule has 0 aliphatic heterocycles. The van der Waals surface area contributed by atoms with Crippen LogP contribution in [0.1, 0.15) is 32.1 Å². The maximum atomic E-state index is 10.1. The van der Waals surface area contributed by atoms with Gasteiger partial charge in [0.15, 0.2) is 0 Å². The molecular formula is C11H20N2O2. The molecule has 0 aromatic carbocycles. The summed E-state index contributed by atoms with van der Waals surface area (Å²) in [5, 5.41) is 14.3. The molecule has 0 saturated heterocycles. The smallest absolute Gasteiger partial charge is 0.100 e. The van der Waals surface area contributed by atoms with E-state index in [1.807, 2.05) is 17.7 Å². The molecule has 15 heavy (non-hydrogen) atoms. The summed E-state index contributed by atoms with van der Waals surface area (Å²) >= 11 is 0. The zero-order valence-electron chi connectivity index (χ0n) is 9.68. The highest BCUT2D eigenvalue weighted by Crippen LogP contribution is 2.21. The minimum atomic E-state index is -0.501. The van der Waals surface area contributed by atoms with Gasteiger partial charge in [0.1, 0.15) is 6.10 Å². The van der Waals surface area contributed by atoms with Gasteiger partial charge in [0, 0.05) is 25.8 Å². The first-order valence-corrected chi connectivity index (χ1v) is 5.39. The van der Waals surface area contributed by atoms with Crippen molar-refractivity contribution in [2.24, 2.45) is 5.92 Å². The Kier molecular flexibility index (Phi) is 4.78. The fourth-order valence-corrected chi connectivity index (χ4v) is 1.64. The van der Waals surface area contributed by atoms with Gasteiger partial charge in [0.2, 0.25) is 0 Å². The molecule has 4 heteroatoms. The highest BCUT2D eigenvalue weighted by molar-refractivity contribution is 5.05. The quantitative estimate of drug-likeness (QED) is 0.779. The maximum Gasteiger partial charge on any atom is 0.100 e. The van der Waals surface area contributed by atoms with E-state index in [1.54, 1.807) is 13.3 Å². The van der Waals surface area contributed by atoms with Gasteiger partial charge in [0.05, 0.1) is 12.3 Å². The van der Waals surface area contributed by atoms with Gasteiger partial charge in [-0.25, -0.2) is 0 Å². The van der Waals surface area contributed by atoms with Crippen molar-refractivity contribution < 1.29 is 9.84 Å². The summed E-state index contributed by atoms with van der Waals surface area (Å²) in [6, 6.07) is 1.87. The van der Waals surface area contributed by atoms with Gasteiger partial charge in [-0.05, 0) is 12.5 Å². The third-order valence-corrected chi connectivity index (χ3v) is 2.46. The lowest BCUT2D eigenvalue weighted by Gasteiger charge is -2.19. The summed E-state index contributed by atoms with van der Waals surface area (Å²) in [6.07, 6.45) is 2.24. The number of nitrogens with zero attached hydrogens (tertiary/aromatic N) is 2. The van der Waals surface area contributed by atoms with E-state index in [-0.39, 0.29) is 5.92 Å². The van der Waals surface area contributed by atoms with Crippen LogP contribution in [0.25, 0.3) is 0 Å². The molecule has 0 amide bonds. The average Bonchev–Trinajstić information content (AvgIpc) is 2.66. The lowest BCUT2D eigenvalue weighted by atomic mass is 10.0. The van der Waals surface area contributed by atoms with Gasteiger partial charge in [-0.3, -0.25) is 4.68 Å². The second kappa shape index (κ2) is 5.88. The molecular weight excluding hydrogens is 192 g/mol. The Morgan fingerprint density at radius 3 is 2.93 bits per heavy atom. The highest BCUT2D eigenvalue weighted by atomic mass is 16.5. The van der Waals surface area contributed by atoms with Crippen molar-refractivity contribution in [3.05, 3.63) is 18.0 Å². The van der Waals surface area contributed by atoms with E-state index in [4.69, 9.17) is 4.74 Å². The Hall–Kier alpha value is -0.870. The van der Waals surface area contributed by atoms with Crippen molar-refractivity contribution in [1.82, 2.24) is 9.78 Å². The number of hydrogen-bond acceptors (Lipinski definition) is 3. The first-order valence-electron chi connectivity index (χ1n) is 5.39. The van der Waals surface area contributed by atoms with Gasteiger partial charge in [0.25, 0.3) is 0 Å². The topological polar surface area (TPSA) is 47.3 Å². The summed E-state index contributed by atoms with van der Waals surface area (Å²) in [7, 11) is 1.65. The number of ether oxygens (including phenoxy) is 1. The van der Waals surface area contributed by atoms with E-state index in [1.165, 1.54) is 0 Å². The number of aromatic nitrogens is 2. The zero-order chi connectivity index (χ0) is 11.3. The molecule has 0 radical (unpaired) electrons. The number of rotatable bonds is 6. The Morgan fingerprint density at radius 1 is 1.60 bits per heavy atom. The van der Waals surface area contributed by atoms with E-state index in [9.17, 15) is 5.11 Å². The van der Waals surface area contributed by atoms with Crippen LogP contribution in [-0.2, 0) is 11.3 Å². The van der Waals surface area contributed by atoms with Crippen LogP contribution in [0.4, 0.5) is 0 Å². The van der Waals surface area contributed by atoms with Crippen molar-refractivity contribution in [3.63, 3.8) is 0 Å². The molecule has 1 heterocycles. The Morgan fingerprint density at radius 2 is 2.33 bits per heavy atom. The summed E-state index contributed by atoms with van der Waals surface area (Å²) in [5.74, 6) is 0.0855. The van der Waals surface area contributed by atoms with Gasteiger partial charge in [-0.15, -0.1) is 0 Å². The van der Waals surface area contributed by atoms with Crippen LogP contribution >= 0.6 is 0 Å². The van der Waals surface area contributed by atoms with Gasteiger partial charge in [-0.2, -0.15) is 5.10 Å². The van der Waals surface area contributed by atoms with E-state index in [0.29, 0.717) is 6.61 Å². The summed E-state index contributed by atoms with van der Waals surface area (Å²) in [6.45, 7) is 5.46. The fourth-order valence-electron chi connectivity index (χ4n) is 1.64. The largest absolute Gasteiger partial charge is 0.386 e. The van der Waals surface area contributed by atoms with Crippen LogP contribution in [0, 0.1) is 5.92 Å². The van der Waals surface area contributed by atoms with Crippen LogP contribution in [-0.4, -0.2) is 28.6 Å². The van der Waals surface area contributed by atoms with Crippen LogP contribution in [0.2, 0.25) is 0 Å². The third-order valence-electron chi connectivity index (χ3n) is 2.46. The minimum Gasteiger partial charge on any atom is -0.386 e. The van der Waals surface area contributed by atoms with Crippen LogP contribution < -0.4 is 0 Å². The molecule has 0 aliphatic carbocycles. The molecule has 4 nitrogen and oxygen atoms in total. The summed E-state index contributed by atoms with van der Waals surface area (Å²) in [5.41, 5.74) is 0.876. The van der Waals surface area contributed by atoms with Gasteiger partial charge < -0.3 is 9.84 Å². The van der Waals surface area contributed by atoms with Crippen LogP contribution in [0.5, 0.6) is 0 Å². The number of methoxy groups -OCH3 is 1. The standard InChI is InChI=1S/C11H20N2O2/c1-4-7-13-10(5-6-12-13)11(14)9(2)8-15-3/h5-6,9,11,14H,4,7-8H2,1-3H3. The average molecular weight is 212 g/mol. The van der Waals surface area contributed by atoms with Gasteiger partial charge in [-0.1, -0.05) is 13.8 Å². The first kappa shape index (κ1) is 12.2. The molecule has 0 saturated carbocycles. The molecule has 0 fully saturated rings. The van der Waals surface area contributed by atoms with Crippen LogP contribution in [0.3, 0.4) is 0 Å². The van der Waals surface area contributed by atoms with E-state index in [2.05, 4.69) is 12.0 Å². The molecule has 0 aliphatic rings. The lowest BCUT2D eigenvalue weighted by Crippen LogP contribution is -2.18. The van der Waals surface area contributed by atoms with Crippen molar-refractivity contribution in [3.8, 4) is 0 Å². The fraction of sp³-hybridized carbons (Fsp3) is 0.727. The predicted molar refractivity (Wildman–Crippen MR) is 58.5 cm³/mol. The summed E-state index contributed by atoms with van der Waals surface area (Å²) < 4.78 is 6.89. The van der Waals surface area contributed by atoms with Crippen molar-refractivity contribution >= 4 is 0 Å². The molecule has 2 atom stereocenters. The number of aliphatic hydroxyl groups is 1. The van der Waals surface area contributed by atoms with Crippen molar-refractivity contribution in [1.29, 1.82) is 0 Å². The minimum absolute atomic E-state index is 0.0855. The second-order valence-electron chi connectivity index (χ2n) is 3.86. The van der Waals surface area contributed by atoms with Crippen molar-refractivity contribution in [2.45, 2.75) is 32.9 Å².